The fourth-order valence-corrected chi connectivity index (χ4v) is 6.04. The van der Waals surface area contributed by atoms with Gasteiger partial charge in [0.2, 0.25) is 0 Å². The van der Waals surface area contributed by atoms with E-state index < -0.39 is 0 Å². The van der Waals surface area contributed by atoms with Crippen LogP contribution in [0, 0.1) is 37.0 Å². The summed E-state index contributed by atoms with van der Waals surface area (Å²) in [6.45, 7) is 6.05. The lowest BCUT2D eigenvalue weighted by Gasteiger charge is -2.59. The van der Waals surface area contributed by atoms with Crippen LogP contribution in [0.2, 0.25) is 0 Å². The highest BCUT2D eigenvalue weighted by molar-refractivity contribution is 5.96. The van der Waals surface area contributed by atoms with Crippen LogP contribution < -0.4 is 5.32 Å². The molecule has 1 atom stereocenters. The molecule has 1 aromatic heterocycles. The molecule has 4 aliphatic rings. The van der Waals surface area contributed by atoms with Gasteiger partial charge in [-0.2, -0.15) is 0 Å². The molecule has 120 valence electrons. The second-order valence-corrected chi connectivity index (χ2v) is 8.32. The molecule has 4 aliphatic carbocycles. The highest BCUT2D eigenvalue weighted by Gasteiger charge is 2.53. The Morgan fingerprint density at radius 1 is 1.18 bits per heavy atom. The zero-order chi connectivity index (χ0) is 15.5. The summed E-state index contributed by atoms with van der Waals surface area (Å²) in [5.41, 5.74) is 2.03. The minimum atomic E-state index is 0.0481. The molecule has 0 saturated heterocycles. The van der Waals surface area contributed by atoms with Gasteiger partial charge < -0.3 is 9.73 Å². The smallest absolute Gasteiger partial charge is 0.255 e. The number of furan rings is 1. The number of rotatable bonds is 3. The van der Waals surface area contributed by atoms with E-state index in [1.54, 1.807) is 6.26 Å². The van der Waals surface area contributed by atoms with Crippen molar-refractivity contribution in [3.8, 4) is 0 Å². The molecule has 22 heavy (non-hydrogen) atoms. The summed E-state index contributed by atoms with van der Waals surface area (Å²) in [5, 5.41) is 3.32. The van der Waals surface area contributed by atoms with Gasteiger partial charge in [-0.25, -0.2) is 0 Å². The Kier molecular flexibility index (Phi) is 3.18. The zero-order valence-electron chi connectivity index (χ0n) is 13.9. The third-order valence-corrected chi connectivity index (χ3v) is 6.74. The summed E-state index contributed by atoms with van der Waals surface area (Å²) in [4.78, 5) is 12.7. The van der Waals surface area contributed by atoms with Crippen molar-refractivity contribution in [2.24, 2.45) is 23.2 Å². The van der Waals surface area contributed by atoms with Crippen molar-refractivity contribution < 1.29 is 9.21 Å². The first-order valence-electron chi connectivity index (χ1n) is 8.82. The number of nitrogens with one attached hydrogen (secondary N) is 1. The van der Waals surface area contributed by atoms with Gasteiger partial charge >= 0.3 is 0 Å². The Morgan fingerprint density at radius 2 is 1.73 bits per heavy atom. The first-order chi connectivity index (χ1) is 10.5. The fraction of sp³-hybridized carbons (Fsp3) is 0.737. The number of amides is 1. The SMILES string of the molecule is Cc1coc(C)c1C(=O)NC(C)C12CC3CC(CC(C3)C1)C2. The molecule has 1 aromatic rings. The Hall–Kier alpha value is -1.25. The van der Waals surface area contributed by atoms with Crippen LogP contribution in [0.4, 0.5) is 0 Å². The summed E-state index contributed by atoms with van der Waals surface area (Å²) < 4.78 is 5.39. The molecule has 0 spiro atoms. The highest BCUT2D eigenvalue weighted by atomic mass is 16.3. The number of hydrogen-bond acceptors (Lipinski definition) is 2. The minimum absolute atomic E-state index is 0.0481. The first-order valence-corrected chi connectivity index (χ1v) is 8.82. The van der Waals surface area contributed by atoms with E-state index in [4.69, 9.17) is 4.42 Å². The minimum Gasteiger partial charge on any atom is -0.469 e. The number of hydrogen-bond donors (Lipinski definition) is 1. The van der Waals surface area contributed by atoms with E-state index in [0.717, 1.165) is 34.6 Å². The normalized spacial score (nSPS) is 37.3. The first kappa shape index (κ1) is 14.3. The Morgan fingerprint density at radius 3 is 2.18 bits per heavy atom. The van der Waals surface area contributed by atoms with Crippen molar-refractivity contribution in [3.63, 3.8) is 0 Å². The third kappa shape index (κ3) is 2.12. The summed E-state index contributed by atoms with van der Waals surface area (Å²) in [6.07, 6.45) is 9.98. The second-order valence-electron chi connectivity index (χ2n) is 8.32. The number of carbonyl (C=O) groups is 1. The summed E-state index contributed by atoms with van der Waals surface area (Å²) >= 11 is 0. The van der Waals surface area contributed by atoms with Crippen molar-refractivity contribution in [3.05, 3.63) is 23.2 Å². The van der Waals surface area contributed by atoms with E-state index in [9.17, 15) is 4.79 Å². The lowest BCUT2D eigenvalue weighted by molar-refractivity contribution is -0.0688. The van der Waals surface area contributed by atoms with Crippen LogP contribution in [0.15, 0.2) is 10.7 Å². The highest BCUT2D eigenvalue weighted by Crippen LogP contribution is 2.61. The lowest BCUT2D eigenvalue weighted by Crippen LogP contribution is -2.55. The number of aryl methyl sites for hydroxylation is 2. The maximum absolute atomic E-state index is 12.7. The van der Waals surface area contributed by atoms with Gasteiger partial charge in [-0.05, 0) is 82.5 Å². The van der Waals surface area contributed by atoms with Crippen LogP contribution in [0.5, 0.6) is 0 Å². The van der Waals surface area contributed by atoms with Crippen LogP contribution >= 0.6 is 0 Å². The maximum atomic E-state index is 12.7. The van der Waals surface area contributed by atoms with E-state index in [1.165, 1.54) is 38.5 Å². The van der Waals surface area contributed by atoms with Crippen molar-refractivity contribution in [2.75, 3.05) is 0 Å². The average Bonchev–Trinajstić information content (AvgIpc) is 2.76. The van der Waals surface area contributed by atoms with E-state index in [0.29, 0.717) is 5.41 Å². The molecule has 1 N–H and O–H groups in total. The third-order valence-electron chi connectivity index (χ3n) is 6.74. The van der Waals surface area contributed by atoms with E-state index in [1.807, 2.05) is 13.8 Å². The molecule has 1 heterocycles. The van der Waals surface area contributed by atoms with Gasteiger partial charge in [0.15, 0.2) is 0 Å². The molecule has 1 unspecified atom stereocenters. The van der Waals surface area contributed by atoms with E-state index >= 15 is 0 Å². The monoisotopic (exact) mass is 301 g/mol. The predicted molar refractivity (Wildman–Crippen MR) is 85.7 cm³/mol. The zero-order valence-corrected chi connectivity index (χ0v) is 13.9. The Labute approximate surface area is 132 Å². The molecule has 4 saturated carbocycles. The molecule has 5 rings (SSSR count). The molecule has 4 bridgehead atoms. The largest absolute Gasteiger partial charge is 0.469 e. The van der Waals surface area contributed by atoms with Crippen LogP contribution in [0.3, 0.4) is 0 Å². The van der Waals surface area contributed by atoms with Gasteiger partial charge in [-0.3, -0.25) is 4.79 Å². The van der Waals surface area contributed by atoms with Gasteiger partial charge in [0.1, 0.15) is 5.76 Å². The van der Waals surface area contributed by atoms with Crippen LogP contribution in [-0.4, -0.2) is 11.9 Å². The summed E-state index contributed by atoms with van der Waals surface area (Å²) in [7, 11) is 0. The van der Waals surface area contributed by atoms with Gasteiger partial charge in [-0.1, -0.05) is 0 Å². The van der Waals surface area contributed by atoms with Crippen LogP contribution in [0.1, 0.15) is 67.1 Å². The molecule has 0 aromatic carbocycles. The number of carbonyl (C=O) groups excluding carboxylic acids is 1. The molecule has 3 nitrogen and oxygen atoms in total. The van der Waals surface area contributed by atoms with Crippen LogP contribution in [0.25, 0.3) is 0 Å². The standard InChI is InChI=1S/C19H27NO2/c1-11-10-22-12(2)17(11)18(21)20-13(3)19-7-14-4-15(8-19)6-16(5-14)9-19/h10,13-16H,4-9H2,1-3H3,(H,20,21). The molecule has 0 aliphatic heterocycles. The molecule has 0 radical (unpaired) electrons. The molecular weight excluding hydrogens is 274 g/mol. The predicted octanol–water partition coefficient (Wildman–Crippen LogP) is 4.23. The topological polar surface area (TPSA) is 42.2 Å². The van der Waals surface area contributed by atoms with Crippen molar-refractivity contribution >= 4 is 5.91 Å². The van der Waals surface area contributed by atoms with Gasteiger partial charge in [-0.15, -0.1) is 0 Å². The lowest BCUT2D eigenvalue weighted by atomic mass is 9.48. The second kappa shape index (κ2) is 4.87. The van der Waals surface area contributed by atoms with E-state index in [-0.39, 0.29) is 11.9 Å². The Bertz CT molecular complexity index is 546. The molecule has 3 heteroatoms. The summed E-state index contributed by atoms with van der Waals surface area (Å²) in [5.74, 6) is 3.54. The van der Waals surface area contributed by atoms with Crippen molar-refractivity contribution in [1.82, 2.24) is 5.32 Å². The van der Waals surface area contributed by atoms with Gasteiger partial charge in [0.05, 0.1) is 11.8 Å². The fourth-order valence-electron chi connectivity index (χ4n) is 6.04. The molecule has 4 fully saturated rings. The Balaban J connectivity index is 1.53. The van der Waals surface area contributed by atoms with Gasteiger partial charge in [0, 0.05) is 11.6 Å². The van der Waals surface area contributed by atoms with E-state index in [2.05, 4.69) is 12.2 Å². The summed E-state index contributed by atoms with van der Waals surface area (Å²) in [6, 6.07) is 0.266. The van der Waals surface area contributed by atoms with Gasteiger partial charge in [0.25, 0.3) is 5.91 Å². The van der Waals surface area contributed by atoms with Crippen molar-refractivity contribution in [2.45, 2.75) is 65.3 Å². The van der Waals surface area contributed by atoms with Crippen LogP contribution in [-0.2, 0) is 0 Å². The van der Waals surface area contributed by atoms with Crippen molar-refractivity contribution in [1.29, 1.82) is 0 Å². The quantitative estimate of drug-likeness (QED) is 0.907. The molecular formula is C19H27NO2. The average molecular weight is 301 g/mol. The maximum Gasteiger partial charge on any atom is 0.255 e. The molecule has 1 amide bonds.